The van der Waals surface area contributed by atoms with Crippen molar-refractivity contribution in [1.29, 1.82) is 0 Å². The first-order valence-electron chi connectivity index (χ1n) is 7.37. The molecule has 0 atom stereocenters. The number of para-hydroxylation sites is 1. The average Bonchev–Trinajstić information content (AvgIpc) is 2.55. The standard InChI is InChI=1S/C18H20N2O3/c1-4-23-14-9-7-8-13(12-14)17(21)19-16-11-6-5-10-15(16)18(22)20(2)3/h5-12H,4H2,1-3H3,(H,19,21). The molecule has 120 valence electrons. The summed E-state index contributed by atoms with van der Waals surface area (Å²) in [5, 5.41) is 2.79. The molecule has 0 radical (unpaired) electrons. The lowest BCUT2D eigenvalue weighted by molar-refractivity contribution is 0.0828. The van der Waals surface area contributed by atoms with Crippen molar-refractivity contribution in [1.82, 2.24) is 4.90 Å². The molecule has 0 aliphatic carbocycles. The number of hydrogen-bond acceptors (Lipinski definition) is 3. The zero-order valence-corrected chi connectivity index (χ0v) is 13.5. The largest absolute Gasteiger partial charge is 0.494 e. The Labute approximate surface area is 135 Å². The monoisotopic (exact) mass is 312 g/mol. The molecular formula is C18H20N2O3. The number of nitrogens with zero attached hydrogens (tertiary/aromatic N) is 1. The molecule has 1 N–H and O–H groups in total. The third-order valence-corrected chi connectivity index (χ3v) is 3.22. The van der Waals surface area contributed by atoms with E-state index in [9.17, 15) is 9.59 Å². The molecule has 0 saturated carbocycles. The van der Waals surface area contributed by atoms with Crippen LogP contribution in [0.15, 0.2) is 48.5 Å². The van der Waals surface area contributed by atoms with Gasteiger partial charge in [-0.25, -0.2) is 0 Å². The minimum Gasteiger partial charge on any atom is -0.494 e. The Kier molecular flexibility index (Phi) is 5.36. The molecule has 0 unspecified atom stereocenters. The summed E-state index contributed by atoms with van der Waals surface area (Å²) >= 11 is 0. The van der Waals surface area contributed by atoms with Crippen LogP contribution in [-0.4, -0.2) is 37.4 Å². The second kappa shape index (κ2) is 7.45. The summed E-state index contributed by atoms with van der Waals surface area (Å²) in [6.07, 6.45) is 0. The van der Waals surface area contributed by atoms with E-state index in [0.717, 1.165) is 0 Å². The lowest BCUT2D eigenvalue weighted by atomic mass is 10.1. The summed E-state index contributed by atoms with van der Waals surface area (Å²) in [5.74, 6) is 0.187. The van der Waals surface area contributed by atoms with Crippen molar-refractivity contribution in [3.05, 3.63) is 59.7 Å². The molecule has 2 amide bonds. The van der Waals surface area contributed by atoms with Gasteiger partial charge in [-0.15, -0.1) is 0 Å². The molecule has 0 fully saturated rings. The van der Waals surface area contributed by atoms with Gasteiger partial charge >= 0.3 is 0 Å². The van der Waals surface area contributed by atoms with E-state index in [0.29, 0.717) is 29.2 Å². The van der Waals surface area contributed by atoms with Gasteiger partial charge in [0.15, 0.2) is 0 Å². The Morgan fingerprint density at radius 2 is 1.83 bits per heavy atom. The van der Waals surface area contributed by atoms with E-state index in [1.165, 1.54) is 4.90 Å². The van der Waals surface area contributed by atoms with Crippen molar-refractivity contribution in [2.75, 3.05) is 26.0 Å². The molecule has 0 aliphatic heterocycles. The lowest BCUT2D eigenvalue weighted by Gasteiger charge is -2.15. The van der Waals surface area contributed by atoms with E-state index in [1.54, 1.807) is 62.6 Å². The van der Waals surface area contributed by atoms with Gasteiger partial charge in [-0.3, -0.25) is 9.59 Å². The van der Waals surface area contributed by atoms with Crippen molar-refractivity contribution in [3.8, 4) is 5.75 Å². The second-order valence-corrected chi connectivity index (χ2v) is 5.16. The molecular weight excluding hydrogens is 292 g/mol. The molecule has 0 bridgehead atoms. The maximum atomic E-state index is 12.4. The molecule has 5 nitrogen and oxygen atoms in total. The van der Waals surface area contributed by atoms with Crippen molar-refractivity contribution >= 4 is 17.5 Å². The minimum atomic E-state index is -0.287. The lowest BCUT2D eigenvalue weighted by Crippen LogP contribution is -2.24. The van der Waals surface area contributed by atoms with E-state index in [2.05, 4.69) is 5.32 Å². The molecule has 0 aromatic heterocycles. The molecule has 0 heterocycles. The summed E-state index contributed by atoms with van der Waals surface area (Å²) in [7, 11) is 3.35. The third kappa shape index (κ3) is 4.10. The van der Waals surface area contributed by atoms with Gasteiger partial charge in [-0.2, -0.15) is 0 Å². The number of carbonyl (C=O) groups is 2. The molecule has 5 heteroatoms. The molecule has 0 spiro atoms. The zero-order chi connectivity index (χ0) is 16.8. The minimum absolute atomic E-state index is 0.163. The van der Waals surface area contributed by atoms with Crippen LogP contribution < -0.4 is 10.1 Å². The van der Waals surface area contributed by atoms with E-state index in [4.69, 9.17) is 4.74 Å². The number of nitrogens with one attached hydrogen (secondary N) is 1. The van der Waals surface area contributed by atoms with Gasteiger partial charge in [0, 0.05) is 19.7 Å². The number of anilines is 1. The summed E-state index contributed by atoms with van der Waals surface area (Å²) < 4.78 is 5.40. The molecule has 0 saturated heterocycles. The summed E-state index contributed by atoms with van der Waals surface area (Å²) in [5.41, 5.74) is 1.41. The van der Waals surface area contributed by atoms with Gasteiger partial charge in [0.2, 0.25) is 0 Å². The van der Waals surface area contributed by atoms with Crippen molar-refractivity contribution in [2.24, 2.45) is 0 Å². The van der Waals surface area contributed by atoms with Gasteiger partial charge < -0.3 is 15.0 Å². The Balaban J connectivity index is 2.24. The van der Waals surface area contributed by atoms with Crippen molar-refractivity contribution in [3.63, 3.8) is 0 Å². The first-order valence-corrected chi connectivity index (χ1v) is 7.37. The highest BCUT2D eigenvalue weighted by Crippen LogP contribution is 2.19. The highest BCUT2D eigenvalue weighted by Gasteiger charge is 2.15. The van der Waals surface area contributed by atoms with Gasteiger partial charge in [-0.05, 0) is 37.3 Å². The van der Waals surface area contributed by atoms with Crippen LogP contribution in [0, 0.1) is 0 Å². The zero-order valence-electron chi connectivity index (χ0n) is 13.5. The van der Waals surface area contributed by atoms with Gasteiger partial charge in [0.25, 0.3) is 11.8 Å². The third-order valence-electron chi connectivity index (χ3n) is 3.22. The number of rotatable bonds is 5. The molecule has 2 rings (SSSR count). The fourth-order valence-electron chi connectivity index (χ4n) is 2.11. The molecule has 0 aliphatic rings. The van der Waals surface area contributed by atoms with Crippen LogP contribution >= 0.6 is 0 Å². The Hall–Kier alpha value is -2.82. The number of amides is 2. The van der Waals surface area contributed by atoms with Crippen LogP contribution in [0.25, 0.3) is 0 Å². The quantitative estimate of drug-likeness (QED) is 0.923. The van der Waals surface area contributed by atoms with Gasteiger partial charge in [0.1, 0.15) is 5.75 Å². The number of hydrogen-bond donors (Lipinski definition) is 1. The normalized spacial score (nSPS) is 10.0. The predicted octanol–water partition coefficient (Wildman–Crippen LogP) is 3.04. The topological polar surface area (TPSA) is 58.6 Å². The molecule has 2 aromatic carbocycles. The smallest absolute Gasteiger partial charge is 0.255 e. The van der Waals surface area contributed by atoms with E-state index in [-0.39, 0.29) is 11.8 Å². The van der Waals surface area contributed by atoms with Crippen molar-refractivity contribution in [2.45, 2.75) is 6.92 Å². The number of ether oxygens (including phenoxy) is 1. The second-order valence-electron chi connectivity index (χ2n) is 5.16. The summed E-state index contributed by atoms with van der Waals surface area (Å²) in [6, 6.07) is 13.9. The Bertz CT molecular complexity index is 711. The van der Waals surface area contributed by atoms with Crippen LogP contribution in [0.4, 0.5) is 5.69 Å². The van der Waals surface area contributed by atoms with Crippen LogP contribution in [0.3, 0.4) is 0 Å². The van der Waals surface area contributed by atoms with Crippen molar-refractivity contribution < 1.29 is 14.3 Å². The SMILES string of the molecule is CCOc1cccc(C(=O)Nc2ccccc2C(=O)N(C)C)c1. The van der Waals surface area contributed by atoms with Gasteiger partial charge in [0.05, 0.1) is 17.9 Å². The molecule has 2 aromatic rings. The predicted molar refractivity (Wildman–Crippen MR) is 90.0 cm³/mol. The Morgan fingerprint density at radius 3 is 2.52 bits per heavy atom. The van der Waals surface area contributed by atoms with E-state index in [1.807, 2.05) is 6.92 Å². The number of benzene rings is 2. The fourth-order valence-corrected chi connectivity index (χ4v) is 2.11. The van der Waals surface area contributed by atoms with Crippen LogP contribution in [-0.2, 0) is 0 Å². The highest BCUT2D eigenvalue weighted by atomic mass is 16.5. The fraction of sp³-hybridized carbons (Fsp3) is 0.222. The first kappa shape index (κ1) is 16.5. The summed E-state index contributed by atoms with van der Waals surface area (Å²) in [6.45, 7) is 2.42. The van der Waals surface area contributed by atoms with E-state index >= 15 is 0 Å². The average molecular weight is 312 g/mol. The summed E-state index contributed by atoms with van der Waals surface area (Å²) in [4.78, 5) is 26.1. The van der Waals surface area contributed by atoms with Crippen LogP contribution in [0.2, 0.25) is 0 Å². The maximum absolute atomic E-state index is 12.4. The maximum Gasteiger partial charge on any atom is 0.255 e. The van der Waals surface area contributed by atoms with E-state index < -0.39 is 0 Å². The molecule has 23 heavy (non-hydrogen) atoms. The van der Waals surface area contributed by atoms with Crippen LogP contribution in [0.5, 0.6) is 5.75 Å². The Morgan fingerprint density at radius 1 is 1.09 bits per heavy atom. The highest BCUT2D eigenvalue weighted by molar-refractivity contribution is 6.09. The van der Waals surface area contributed by atoms with Crippen LogP contribution in [0.1, 0.15) is 27.6 Å². The van der Waals surface area contributed by atoms with Gasteiger partial charge in [-0.1, -0.05) is 18.2 Å². The number of carbonyl (C=O) groups excluding carboxylic acids is 2. The first-order chi connectivity index (χ1) is 11.0.